The number of likely N-dealkylation sites (N-methyl/N-ethyl adjacent to an activating group) is 1. The molecular weight excluding hydrogens is 246 g/mol. The molecule has 0 bridgehead atoms. The number of hydrogen-bond acceptors (Lipinski definition) is 3. The van der Waals surface area contributed by atoms with Crippen LogP contribution in [-0.4, -0.2) is 78.1 Å². The lowest BCUT2D eigenvalue weighted by Crippen LogP contribution is -2.46. The fraction of sp³-hybridized carbons (Fsp3) is 0.846. The lowest BCUT2D eigenvalue weighted by molar-refractivity contribution is -0.137. The Morgan fingerprint density at radius 3 is 2.37 bits per heavy atom. The summed E-state index contributed by atoms with van der Waals surface area (Å²) in [5.41, 5.74) is 0. The summed E-state index contributed by atoms with van der Waals surface area (Å²) in [6, 6.07) is -0.191. The van der Waals surface area contributed by atoms with Gasteiger partial charge in [-0.15, -0.1) is 0 Å². The molecule has 1 fully saturated rings. The molecule has 6 nitrogen and oxygen atoms in total. The Labute approximate surface area is 115 Å². The number of carbonyl (C=O) groups excluding carboxylic acids is 1. The van der Waals surface area contributed by atoms with Gasteiger partial charge in [0.2, 0.25) is 0 Å². The van der Waals surface area contributed by atoms with Gasteiger partial charge >= 0.3 is 12.0 Å². The van der Waals surface area contributed by atoms with Crippen LogP contribution in [0.2, 0.25) is 0 Å². The van der Waals surface area contributed by atoms with E-state index in [0.29, 0.717) is 13.1 Å². The molecule has 0 saturated carbocycles. The van der Waals surface area contributed by atoms with Crippen LogP contribution >= 0.6 is 0 Å². The van der Waals surface area contributed by atoms with Gasteiger partial charge in [-0.25, -0.2) is 4.79 Å². The summed E-state index contributed by atoms with van der Waals surface area (Å²) in [7, 11) is 1.74. The zero-order valence-electron chi connectivity index (χ0n) is 12.0. The molecule has 1 aliphatic heterocycles. The van der Waals surface area contributed by atoms with Crippen LogP contribution < -0.4 is 0 Å². The molecule has 0 unspecified atom stereocenters. The molecule has 2 amide bonds. The molecule has 6 heteroatoms. The second-order valence-corrected chi connectivity index (χ2v) is 5.07. The Balaban J connectivity index is 2.40. The van der Waals surface area contributed by atoms with Crippen LogP contribution in [0.15, 0.2) is 0 Å². The van der Waals surface area contributed by atoms with Crippen molar-refractivity contribution in [3.8, 4) is 0 Å². The quantitative estimate of drug-likeness (QED) is 0.748. The molecule has 110 valence electrons. The minimum Gasteiger partial charge on any atom is -0.480 e. The molecule has 1 N–H and O–H groups in total. The van der Waals surface area contributed by atoms with Gasteiger partial charge in [0.05, 0.1) is 0 Å². The number of carboxylic acids is 1. The topological polar surface area (TPSA) is 64.1 Å². The van der Waals surface area contributed by atoms with Crippen molar-refractivity contribution in [3.63, 3.8) is 0 Å². The molecule has 0 atom stereocenters. The van der Waals surface area contributed by atoms with Crippen LogP contribution in [0.1, 0.15) is 26.2 Å². The highest BCUT2D eigenvalue weighted by Crippen LogP contribution is 2.07. The molecule has 1 aliphatic rings. The van der Waals surface area contributed by atoms with Gasteiger partial charge in [-0.05, 0) is 32.4 Å². The zero-order chi connectivity index (χ0) is 14.3. The van der Waals surface area contributed by atoms with Crippen LogP contribution in [0.4, 0.5) is 4.79 Å². The maximum Gasteiger partial charge on any atom is 0.323 e. The fourth-order valence-electron chi connectivity index (χ4n) is 2.31. The first kappa shape index (κ1) is 15.8. The molecule has 0 radical (unpaired) electrons. The largest absolute Gasteiger partial charge is 0.480 e. The maximum absolute atomic E-state index is 12.1. The molecule has 1 rings (SSSR count). The summed E-state index contributed by atoms with van der Waals surface area (Å²) in [4.78, 5) is 28.3. The number of carbonyl (C=O) groups is 2. The van der Waals surface area contributed by atoms with Crippen LogP contribution in [-0.2, 0) is 4.79 Å². The first-order valence-corrected chi connectivity index (χ1v) is 6.98. The second-order valence-electron chi connectivity index (χ2n) is 5.07. The highest BCUT2D eigenvalue weighted by molar-refractivity contribution is 5.80. The number of hydrogen-bond donors (Lipinski definition) is 1. The summed E-state index contributed by atoms with van der Waals surface area (Å²) in [5.74, 6) is -0.963. The van der Waals surface area contributed by atoms with E-state index in [1.165, 1.54) is 17.7 Å². The van der Waals surface area contributed by atoms with E-state index in [9.17, 15) is 9.59 Å². The van der Waals surface area contributed by atoms with Crippen LogP contribution in [0.25, 0.3) is 0 Å². The Morgan fingerprint density at radius 1 is 1.21 bits per heavy atom. The van der Waals surface area contributed by atoms with E-state index in [-0.39, 0.29) is 12.6 Å². The van der Waals surface area contributed by atoms with Crippen molar-refractivity contribution in [2.24, 2.45) is 0 Å². The number of nitrogens with zero attached hydrogens (tertiary/aromatic N) is 3. The van der Waals surface area contributed by atoms with Gasteiger partial charge in [-0.1, -0.05) is 6.92 Å². The summed E-state index contributed by atoms with van der Waals surface area (Å²) in [5, 5.41) is 8.82. The third-order valence-electron chi connectivity index (χ3n) is 3.37. The van der Waals surface area contributed by atoms with Crippen molar-refractivity contribution in [3.05, 3.63) is 0 Å². The van der Waals surface area contributed by atoms with Crippen molar-refractivity contribution >= 4 is 12.0 Å². The van der Waals surface area contributed by atoms with Gasteiger partial charge < -0.3 is 19.8 Å². The van der Waals surface area contributed by atoms with Gasteiger partial charge in [-0.3, -0.25) is 4.79 Å². The van der Waals surface area contributed by atoms with E-state index >= 15 is 0 Å². The highest BCUT2D eigenvalue weighted by atomic mass is 16.4. The third kappa shape index (κ3) is 5.46. The van der Waals surface area contributed by atoms with Crippen LogP contribution in [0, 0.1) is 0 Å². The average Bonchev–Trinajstić information content (AvgIpc) is 2.87. The number of urea groups is 1. The highest BCUT2D eigenvalue weighted by Gasteiger charge is 2.20. The standard InChI is InChI=1S/C13H25N3O3/c1-3-6-16(11-12(17)18)13(19)14(2)9-10-15-7-4-5-8-15/h3-11H2,1-2H3,(H,17,18). The Bertz CT molecular complexity index is 304. The number of amides is 2. The van der Waals surface area contributed by atoms with E-state index in [0.717, 1.165) is 26.1 Å². The predicted octanol–water partition coefficient (Wildman–Crippen LogP) is 0.931. The summed E-state index contributed by atoms with van der Waals surface area (Å²) < 4.78 is 0. The maximum atomic E-state index is 12.1. The van der Waals surface area contributed by atoms with Gasteiger partial charge in [0.1, 0.15) is 6.54 Å². The number of aliphatic carboxylic acids is 1. The zero-order valence-corrected chi connectivity index (χ0v) is 12.0. The molecule has 0 aromatic carbocycles. The SMILES string of the molecule is CCCN(CC(=O)O)C(=O)N(C)CCN1CCCC1. The minimum absolute atomic E-state index is 0.191. The van der Waals surface area contributed by atoms with Crippen LogP contribution in [0.3, 0.4) is 0 Å². The first-order valence-electron chi connectivity index (χ1n) is 6.98. The monoisotopic (exact) mass is 271 g/mol. The predicted molar refractivity (Wildman–Crippen MR) is 73.2 cm³/mol. The van der Waals surface area contributed by atoms with Gasteiger partial charge in [0.25, 0.3) is 0 Å². The molecule has 1 heterocycles. The Morgan fingerprint density at radius 2 is 1.84 bits per heavy atom. The Kier molecular flexibility index (Phi) is 6.62. The molecule has 0 aliphatic carbocycles. The Hall–Kier alpha value is -1.30. The molecule has 0 aromatic rings. The van der Waals surface area contributed by atoms with Crippen molar-refractivity contribution in [2.75, 3.05) is 46.3 Å². The molecular formula is C13H25N3O3. The summed E-state index contributed by atoms with van der Waals surface area (Å²) in [6.07, 6.45) is 3.23. The van der Waals surface area contributed by atoms with E-state index in [1.54, 1.807) is 11.9 Å². The van der Waals surface area contributed by atoms with E-state index in [1.807, 2.05) is 6.92 Å². The van der Waals surface area contributed by atoms with E-state index in [2.05, 4.69) is 4.90 Å². The van der Waals surface area contributed by atoms with E-state index < -0.39 is 5.97 Å². The van der Waals surface area contributed by atoms with E-state index in [4.69, 9.17) is 5.11 Å². The average molecular weight is 271 g/mol. The van der Waals surface area contributed by atoms with Crippen molar-refractivity contribution < 1.29 is 14.7 Å². The third-order valence-corrected chi connectivity index (χ3v) is 3.37. The lowest BCUT2D eigenvalue weighted by Gasteiger charge is -2.28. The van der Waals surface area contributed by atoms with Gasteiger partial charge in [0, 0.05) is 26.7 Å². The second kappa shape index (κ2) is 7.99. The van der Waals surface area contributed by atoms with Gasteiger partial charge in [0.15, 0.2) is 0 Å². The molecule has 19 heavy (non-hydrogen) atoms. The summed E-state index contributed by atoms with van der Waals surface area (Å²) in [6.45, 7) is 5.94. The fourth-order valence-corrected chi connectivity index (χ4v) is 2.31. The minimum atomic E-state index is -0.963. The molecule has 1 saturated heterocycles. The first-order chi connectivity index (χ1) is 9.04. The number of likely N-dealkylation sites (tertiary alicyclic amines) is 1. The molecule has 0 spiro atoms. The molecule has 0 aromatic heterocycles. The smallest absolute Gasteiger partial charge is 0.323 e. The van der Waals surface area contributed by atoms with Gasteiger partial charge in [-0.2, -0.15) is 0 Å². The van der Waals surface area contributed by atoms with Crippen molar-refractivity contribution in [2.45, 2.75) is 26.2 Å². The van der Waals surface area contributed by atoms with Crippen molar-refractivity contribution in [1.82, 2.24) is 14.7 Å². The number of carboxylic acid groups (broad SMARTS) is 1. The number of rotatable bonds is 7. The normalized spacial score (nSPS) is 15.5. The van der Waals surface area contributed by atoms with Crippen LogP contribution in [0.5, 0.6) is 0 Å². The summed E-state index contributed by atoms with van der Waals surface area (Å²) >= 11 is 0. The lowest BCUT2D eigenvalue weighted by atomic mass is 10.4. The van der Waals surface area contributed by atoms with Crippen molar-refractivity contribution in [1.29, 1.82) is 0 Å².